The average molecular weight is 311 g/mol. The molecule has 1 fully saturated rings. The topological polar surface area (TPSA) is 84.2 Å². The minimum Gasteiger partial charge on any atom is -0.324 e. The smallest absolute Gasteiger partial charge is 0.240 e. The maximum absolute atomic E-state index is 12.5. The Labute approximate surface area is 127 Å². The first-order chi connectivity index (χ1) is 9.94. The number of hydrazine groups is 1. The van der Waals surface area contributed by atoms with Gasteiger partial charge in [-0.1, -0.05) is 26.7 Å². The third kappa shape index (κ3) is 3.96. The molecule has 5 nitrogen and oxygen atoms in total. The fourth-order valence-corrected chi connectivity index (χ4v) is 4.42. The Bertz CT molecular complexity index is 555. The maximum atomic E-state index is 12.5. The van der Waals surface area contributed by atoms with Gasteiger partial charge in [0.1, 0.15) is 0 Å². The van der Waals surface area contributed by atoms with Crippen LogP contribution in [0.1, 0.15) is 39.5 Å². The molecule has 21 heavy (non-hydrogen) atoms. The van der Waals surface area contributed by atoms with Crippen molar-refractivity contribution < 1.29 is 8.42 Å². The first kappa shape index (κ1) is 16.3. The molecule has 2 rings (SSSR count). The number of nitrogen functional groups attached to an aromatic ring is 1. The van der Waals surface area contributed by atoms with Crippen molar-refractivity contribution in [2.75, 3.05) is 5.43 Å². The number of hydrogen-bond acceptors (Lipinski definition) is 4. The van der Waals surface area contributed by atoms with Crippen molar-refractivity contribution in [3.8, 4) is 0 Å². The van der Waals surface area contributed by atoms with Crippen LogP contribution in [0.5, 0.6) is 0 Å². The highest BCUT2D eigenvalue weighted by Gasteiger charge is 2.31. The van der Waals surface area contributed by atoms with Crippen molar-refractivity contribution in [2.24, 2.45) is 17.7 Å². The molecule has 6 heteroatoms. The lowest BCUT2D eigenvalue weighted by Crippen LogP contribution is -2.43. The third-order valence-electron chi connectivity index (χ3n) is 4.31. The van der Waals surface area contributed by atoms with Gasteiger partial charge < -0.3 is 5.43 Å². The Kier molecular flexibility index (Phi) is 5.24. The van der Waals surface area contributed by atoms with Gasteiger partial charge in [0, 0.05) is 11.7 Å². The van der Waals surface area contributed by atoms with E-state index in [1.807, 2.05) is 0 Å². The van der Waals surface area contributed by atoms with Crippen LogP contribution in [0, 0.1) is 11.8 Å². The number of anilines is 1. The molecule has 1 aliphatic rings. The third-order valence-corrected chi connectivity index (χ3v) is 5.82. The van der Waals surface area contributed by atoms with Gasteiger partial charge in [0.15, 0.2) is 0 Å². The van der Waals surface area contributed by atoms with Crippen LogP contribution in [0.25, 0.3) is 0 Å². The van der Waals surface area contributed by atoms with Gasteiger partial charge in [-0.3, -0.25) is 5.84 Å². The standard InChI is InChI=1S/C15H25N3O2S/c1-11(2)14-5-3-4-6-15(14)18-21(19,20)13-9-7-12(17-16)8-10-13/h7-11,14-15,17-18H,3-6,16H2,1-2H3. The molecule has 0 heterocycles. The number of benzene rings is 1. The van der Waals surface area contributed by atoms with Gasteiger partial charge in [-0.05, 0) is 48.9 Å². The van der Waals surface area contributed by atoms with Gasteiger partial charge >= 0.3 is 0 Å². The zero-order chi connectivity index (χ0) is 15.5. The van der Waals surface area contributed by atoms with Crippen molar-refractivity contribution in [1.82, 2.24) is 4.72 Å². The zero-order valence-corrected chi connectivity index (χ0v) is 13.5. The summed E-state index contributed by atoms with van der Waals surface area (Å²) in [6, 6.07) is 6.51. The van der Waals surface area contributed by atoms with Crippen molar-refractivity contribution in [3.63, 3.8) is 0 Å². The Balaban J connectivity index is 2.15. The van der Waals surface area contributed by atoms with Gasteiger partial charge in [-0.25, -0.2) is 13.1 Å². The highest BCUT2D eigenvalue weighted by molar-refractivity contribution is 7.89. The molecular weight excluding hydrogens is 286 g/mol. The lowest BCUT2D eigenvalue weighted by molar-refractivity contribution is 0.226. The molecule has 0 spiro atoms. The molecule has 2 unspecified atom stereocenters. The molecule has 0 amide bonds. The van der Waals surface area contributed by atoms with Crippen LogP contribution in [0.4, 0.5) is 5.69 Å². The summed E-state index contributed by atoms with van der Waals surface area (Å²) >= 11 is 0. The van der Waals surface area contributed by atoms with Gasteiger partial charge in [-0.15, -0.1) is 0 Å². The number of nitrogens with two attached hydrogens (primary N) is 1. The number of nitrogens with one attached hydrogen (secondary N) is 2. The van der Waals surface area contributed by atoms with Gasteiger partial charge in [-0.2, -0.15) is 0 Å². The molecule has 0 aliphatic heterocycles. The van der Waals surface area contributed by atoms with Crippen LogP contribution in [0.2, 0.25) is 0 Å². The molecule has 0 bridgehead atoms. The molecule has 4 N–H and O–H groups in total. The van der Waals surface area contributed by atoms with E-state index in [9.17, 15) is 8.42 Å². The molecule has 118 valence electrons. The summed E-state index contributed by atoms with van der Waals surface area (Å²) in [5, 5.41) is 0. The maximum Gasteiger partial charge on any atom is 0.240 e. The number of hydrogen-bond donors (Lipinski definition) is 3. The van der Waals surface area contributed by atoms with Gasteiger partial charge in [0.25, 0.3) is 0 Å². The molecule has 0 radical (unpaired) electrons. The highest BCUT2D eigenvalue weighted by atomic mass is 32.2. The van der Waals surface area contributed by atoms with Gasteiger partial charge in [0.2, 0.25) is 10.0 Å². The Hall–Kier alpha value is -1.11. The summed E-state index contributed by atoms with van der Waals surface area (Å²) in [4.78, 5) is 0.287. The van der Waals surface area contributed by atoms with E-state index in [0.717, 1.165) is 19.3 Å². The van der Waals surface area contributed by atoms with Crippen LogP contribution < -0.4 is 16.0 Å². The lowest BCUT2D eigenvalue weighted by Gasteiger charge is -2.34. The van der Waals surface area contributed by atoms with E-state index in [1.165, 1.54) is 6.42 Å². The average Bonchev–Trinajstić information content (AvgIpc) is 2.47. The fraction of sp³-hybridized carbons (Fsp3) is 0.600. The van der Waals surface area contributed by atoms with Crippen LogP contribution in [-0.2, 0) is 10.0 Å². The highest BCUT2D eigenvalue weighted by Crippen LogP contribution is 2.31. The van der Waals surface area contributed by atoms with E-state index >= 15 is 0 Å². The molecule has 2 atom stereocenters. The summed E-state index contributed by atoms with van der Waals surface area (Å²) < 4.78 is 27.9. The summed E-state index contributed by atoms with van der Waals surface area (Å²) in [6.45, 7) is 4.33. The van der Waals surface area contributed by atoms with Crippen molar-refractivity contribution >= 4 is 15.7 Å². The Morgan fingerprint density at radius 3 is 2.33 bits per heavy atom. The van der Waals surface area contributed by atoms with E-state index in [1.54, 1.807) is 24.3 Å². The molecule has 1 aliphatic carbocycles. The quantitative estimate of drug-likeness (QED) is 0.576. The van der Waals surface area contributed by atoms with Crippen LogP contribution in [-0.4, -0.2) is 14.5 Å². The number of rotatable bonds is 5. The summed E-state index contributed by atoms with van der Waals surface area (Å²) in [5.41, 5.74) is 3.18. The molecule has 0 saturated heterocycles. The molecule has 1 aromatic rings. The second-order valence-corrected chi connectivity index (χ2v) is 7.80. The zero-order valence-electron chi connectivity index (χ0n) is 12.7. The summed E-state index contributed by atoms with van der Waals surface area (Å²) in [6.07, 6.45) is 4.30. The second-order valence-electron chi connectivity index (χ2n) is 6.09. The molecule has 1 aromatic carbocycles. The Morgan fingerprint density at radius 2 is 1.76 bits per heavy atom. The van der Waals surface area contributed by atoms with E-state index < -0.39 is 10.0 Å². The number of sulfonamides is 1. The minimum absolute atomic E-state index is 0.0380. The van der Waals surface area contributed by atoms with Crippen molar-refractivity contribution in [1.29, 1.82) is 0 Å². The minimum atomic E-state index is -3.47. The largest absolute Gasteiger partial charge is 0.324 e. The van der Waals surface area contributed by atoms with Crippen molar-refractivity contribution in [3.05, 3.63) is 24.3 Å². The van der Waals surface area contributed by atoms with Gasteiger partial charge in [0.05, 0.1) is 4.90 Å². The molecular formula is C15H25N3O2S. The lowest BCUT2D eigenvalue weighted by atomic mass is 9.78. The van der Waals surface area contributed by atoms with E-state index in [2.05, 4.69) is 24.0 Å². The first-order valence-corrected chi connectivity index (χ1v) is 9.01. The predicted molar refractivity (Wildman–Crippen MR) is 85.2 cm³/mol. The molecule has 0 aromatic heterocycles. The van der Waals surface area contributed by atoms with E-state index in [-0.39, 0.29) is 10.9 Å². The summed E-state index contributed by atoms with van der Waals surface area (Å²) in [7, 11) is -3.47. The summed E-state index contributed by atoms with van der Waals surface area (Å²) in [5.74, 6) is 6.20. The fourth-order valence-electron chi connectivity index (χ4n) is 3.10. The first-order valence-electron chi connectivity index (χ1n) is 7.53. The van der Waals surface area contributed by atoms with Crippen LogP contribution in [0.3, 0.4) is 0 Å². The SMILES string of the molecule is CC(C)C1CCCCC1NS(=O)(=O)c1ccc(NN)cc1. The normalized spacial score (nSPS) is 23.2. The predicted octanol–water partition coefficient (Wildman–Crippen LogP) is 2.47. The second kappa shape index (κ2) is 6.77. The van der Waals surface area contributed by atoms with Crippen LogP contribution >= 0.6 is 0 Å². The molecule has 1 saturated carbocycles. The van der Waals surface area contributed by atoms with Crippen LogP contribution in [0.15, 0.2) is 29.2 Å². The monoisotopic (exact) mass is 311 g/mol. The van der Waals surface area contributed by atoms with Crippen molar-refractivity contribution in [2.45, 2.75) is 50.5 Å². The Morgan fingerprint density at radius 1 is 1.14 bits per heavy atom. The van der Waals surface area contributed by atoms with E-state index in [0.29, 0.717) is 17.5 Å². The van der Waals surface area contributed by atoms with E-state index in [4.69, 9.17) is 5.84 Å².